The quantitative estimate of drug-likeness (QED) is 0.118. The molecular weight excluding hydrogens is 1020 g/mol. The lowest BCUT2D eigenvalue weighted by molar-refractivity contribution is 0.590. The highest BCUT2D eigenvalue weighted by Gasteiger charge is 2.41. The molecule has 4 bridgehead atoms. The summed E-state index contributed by atoms with van der Waals surface area (Å²) in [7, 11) is -2.88. The monoisotopic (exact) mass is 1080 g/mol. The number of nitrogens with zero attached hydrogens (tertiary/aromatic N) is 5. The van der Waals surface area contributed by atoms with Gasteiger partial charge in [-0.25, -0.2) is 15.0 Å². The normalized spacial score (nSPS) is 12.5. The van der Waals surface area contributed by atoms with Crippen LogP contribution >= 0.6 is 0 Å². The van der Waals surface area contributed by atoms with Gasteiger partial charge in [0.05, 0.1) is 22.1 Å². The summed E-state index contributed by atoms with van der Waals surface area (Å²) in [6.45, 7) is 13.8. The Morgan fingerprint density at radius 2 is 0.771 bits per heavy atom. The Kier molecular flexibility index (Phi) is 11.6. The maximum Gasteiger partial charge on any atom is 0.179 e. The van der Waals surface area contributed by atoms with Gasteiger partial charge in [0, 0.05) is 54.6 Å². The van der Waals surface area contributed by atoms with Crippen LogP contribution in [0.15, 0.2) is 261 Å². The Bertz CT molecular complexity index is 4920. The second-order valence-corrected chi connectivity index (χ2v) is 28.2. The minimum absolute atomic E-state index is 0.00232. The summed E-state index contributed by atoms with van der Waals surface area (Å²) in [6.07, 6.45) is 0. The highest BCUT2D eigenvalue weighted by molar-refractivity contribution is 7.19. The van der Waals surface area contributed by atoms with Gasteiger partial charge in [0.15, 0.2) is 25.2 Å². The van der Waals surface area contributed by atoms with Crippen LogP contribution in [0.25, 0.3) is 110 Å². The maximum absolute atomic E-state index is 5.56. The lowest BCUT2D eigenvalue weighted by atomic mass is 9.85. The molecule has 0 atom stereocenters. The standard InChI is InChI=1S/C77H61N5Si/c1-76(2,3)52-38-42-69-65(47-52)66-48-53(77(4,5)6)39-43-70(66)81(69)55-40-41-62-68-46-51-45-67(72(68)82(71(62)49-55)54-25-11-7-12-26-54)61-35-20-22-37-64(61)75-79-73(78-74(80-75)63-36-21-19-34-60(51)63)50-24-23-33-59(44-50)83(56-27-13-8-14-28-56,57-29-15-9-16-30-57)58-31-17-10-18-32-58/h7-49H,1-6H3. The number of para-hydroxylation sites is 1. The van der Waals surface area contributed by atoms with Gasteiger partial charge >= 0.3 is 0 Å². The minimum Gasteiger partial charge on any atom is -0.309 e. The van der Waals surface area contributed by atoms with Crippen molar-refractivity contribution in [2.45, 2.75) is 52.4 Å². The van der Waals surface area contributed by atoms with E-state index in [4.69, 9.17) is 15.0 Å². The van der Waals surface area contributed by atoms with E-state index in [1.54, 1.807) is 0 Å². The number of hydrogen-bond acceptors (Lipinski definition) is 3. The predicted molar refractivity (Wildman–Crippen MR) is 354 cm³/mol. The number of benzene rings is 11. The molecule has 398 valence electrons. The van der Waals surface area contributed by atoms with Crippen molar-refractivity contribution in [1.29, 1.82) is 0 Å². The Labute approximate surface area is 484 Å². The molecule has 0 aliphatic rings. The van der Waals surface area contributed by atoms with Crippen molar-refractivity contribution < 1.29 is 0 Å². The van der Waals surface area contributed by atoms with E-state index in [1.807, 2.05) is 0 Å². The van der Waals surface area contributed by atoms with Crippen LogP contribution in [0.4, 0.5) is 0 Å². The molecule has 6 heteroatoms. The van der Waals surface area contributed by atoms with Crippen LogP contribution in [0.3, 0.4) is 0 Å². The second kappa shape index (κ2) is 19.2. The Morgan fingerprint density at radius 1 is 0.301 bits per heavy atom. The van der Waals surface area contributed by atoms with Crippen molar-refractivity contribution >= 4 is 116 Å². The molecule has 0 saturated heterocycles. The summed E-state index contributed by atoms with van der Waals surface area (Å²) in [5.41, 5.74) is 11.7. The molecule has 83 heavy (non-hydrogen) atoms. The fraction of sp³-hybridized carbons (Fsp3) is 0.104. The molecule has 5 nitrogen and oxygen atoms in total. The van der Waals surface area contributed by atoms with E-state index in [2.05, 4.69) is 312 Å². The fourth-order valence-corrected chi connectivity index (χ4v) is 18.1. The smallest absolute Gasteiger partial charge is 0.179 e. The van der Waals surface area contributed by atoms with Gasteiger partial charge in [-0.15, -0.1) is 0 Å². The Balaban J connectivity index is 1.02. The molecule has 15 rings (SSSR count). The van der Waals surface area contributed by atoms with Gasteiger partial charge in [-0.3, -0.25) is 0 Å². The van der Waals surface area contributed by atoms with Gasteiger partial charge in [0.2, 0.25) is 0 Å². The summed E-state index contributed by atoms with van der Waals surface area (Å²) in [4.78, 5) is 16.5. The van der Waals surface area contributed by atoms with Gasteiger partial charge in [-0.1, -0.05) is 242 Å². The zero-order chi connectivity index (χ0) is 56.2. The molecule has 0 spiro atoms. The zero-order valence-corrected chi connectivity index (χ0v) is 48.6. The molecule has 0 unspecified atom stereocenters. The van der Waals surface area contributed by atoms with Crippen LogP contribution in [0.1, 0.15) is 52.7 Å². The van der Waals surface area contributed by atoms with E-state index >= 15 is 0 Å². The summed E-state index contributed by atoms with van der Waals surface area (Å²) < 4.78 is 4.97. The van der Waals surface area contributed by atoms with E-state index in [0.717, 1.165) is 65.7 Å². The van der Waals surface area contributed by atoms with Crippen LogP contribution in [0.2, 0.25) is 0 Å². The average molecular weight is 1080 g/mol. The topological polar surface area (TPSA) is 48.5 Å². The Hall–Kier alpha value is -9.75. The molecule has 0 N–H and O–H groups in total. The van der Waals surface area contributed by atoms with Crippen molar-refractivity contribution in [2.75, 3.05) is 0 Å². The van der Waals surface area contributed by atoms with Gasteiger partial charge < -0.3 is 9.13 Å². The highest BCUT2D eigenvalue weighted by Crippen LogP contribution is 2.43. The van der Waals surface area contributed by atoms with Gasteiger partial charge in [-0.05, 0) is 120 Å². The molecule has 0 saturated carbocycles. The molecule has 0 amide bonds. The number of fused-ring (bicyclic) bond motifs is 17. The zero-order valence-electron chi connectivity index (χ0n) is 47.6. The van der Waals surface area contributed by atoms with Crippen LogP contribution in [0.5, 0.6) is 0 Å². The van der Waals surface area contributed by atoms with Crippen LogP contribution in [0, 0.1) is 0 Å². The summed E-state index contributed by atoms with van der Waals surface area (Å²) in [6, 6.07) is 96.5. The molecule has 4 heterocycles. The van der Waals surface area contributed by atoms with E-state index in [0.29, 0.717) is 17.1 Å². The molecule has 0 aliphatic carbocycles. The SMILES string of the molecule is CC(C)(C)c1ccc2c(c1)c1cc(C(C)(C)C)ccc1n2-c1ccc2c3cc4cc(c5ccccc5c5nc(-c6cccc([Si](c7ccccc7)(c7ccccc7)c7ccccc7)c6)nc(n5)c5ccccc45)c3n(-c3ccccc3)c2c1. The van der Waals surface area contributed by atoms with Crippen molar-refractivity contribution in [3.63, 3.8) is 0 Å². The van der Waals surface area contributed by atoms with Gasteiger partial charge in [-0.2, -0.15) is 0 Å². The first-order valence-electron chi connectivity index (χ1n) is 28.9. The minimum atomic E-state index is -2.88. The van der Waals surface area contributed by atoms with Gasteiger partial charge in [0.25, 0.3) is 0 Å². The molecule has 4 aromatic heterocycles. The number of aromatic nitrogens is 5. The average Bonchev–Trinajstić information content (AvgIpc) is 3.95. The van der Waals surface area contributed by atoms with Crippen molar-refractivity contribution in [1.82, 2.24) is 24.1 Å². The van der Waals surface area contributed by atoms with E-state index in [-0.39, 0.29) is 10.8 Å². The van der Waals surface area contributed by atoms with Crippen LogP contribution in [-0.2, 0) is 10.8 Å². The third-order valence-corrected chi connectivity index (χ3v) is 22.1. The van der Waals surface area contributed by atoms with E-state index in [1.165, 1.54) is 59.1 Å². The van der Waals surface area contributed by atoms with E-state index < -0.39 is 8.07 Å². The van der Waals surface area contributed by atoms with Crippen molar-refractivity contribution in [3.8, 4) is 22.8 Å². The largest absolute Gasteiger partial charge is 0.309 e. The Morgan fingerprint density at radius 3 is 1.31 bits per heavy atom. The van der Waals surface area contributed by atoms with Crippen LogP contribution in [-0.4, -0.2) is 32.2 Å². The summed E-state index contributed by atoms with van der Waals surface area (Å²) in [5.74, 6) is 0.628. The first-order valence-corrected chi connectivity index (χ1v) is 30.9. The maximum atomic E-state index is 5.56. The third-order valence-electron chi connectivity index (χ3n) is 17.4. The van der Waals surface area contributed by atoms with Gasteiger partial charge in [0.1, 0.15) is 0 Å². The lowest BCUT2D eigenvalue weighted by Gasteiger charge is -2.34. The summed E-state index contributed by atoms with van der Waals surface area (Å²) in [5, 5.41) is 16.2. The fourth-order valence-electron chi connectivity index (χ4n) is 13.3. The number of rotatable bonds is 7. The van der Waals surface area contributed by atoms with Crippen molar-refractivity contribution in [3.05, 3.63) is 272 Å². The molecule has 11 aromatic carbocycles. The van der Waals surface area contributed by atoms with Crippen molar-refractivity contribution in [2.24, 2.45) is 0 Å². The first kappa shape index (κ1) is 50.2. The number of hydrogen-bond donors (Lipinski definition) is 0. The van der Waals surface area contributed by atoms with Crippen LogP contribution < -0.4 is 20.7 Å². The molecular formula is C77H61N5Si. The predicted octanol–water partition coefficient (Wildman–Crippen LogP) is 16.9. The first-order chi connectivity index (χ1) is 40.4. The second-order valence-electron chi connectivity index (χ2n) is 24.4. The molecule has 0 aliphatic heterocycles. The summed E-state index contributed by atoms with van der Waals surface area (Å²) >= 11 is 0. The third kappa shape index (κ3) is 8.14. The molecule has 15 aromatic rings. The van der Waals surface area contributed by atoms with E-state index in [9.17, 15) is 0 Å². The highest BCUT2D eigenvalue weighted by atomic mass is 28.3. The lowest BCUT2D eigenvalue weighted by Crippen LogP contribution is -2.74. The molecule has 0 radical (unpaired) electrons. The molecule has 0 fully saturated rings.